The molecule has 0 radical (unpaired) electrons. The highest BCUT2D eigenvalue weighted by molar-refractivity contribution is 5.70. The molecular weight excluding hydrogens is 178 g/mol. The van der Waals surface area contributed by atoms with Gasteiger partial charge in [-0.3, -0.25) is 10.1 Å². The molecule has 0 atom stereocenters. The van der Waals surface area contributed by atoms with Crippen molar-refractivity contribution in [2.75, 3.05) is 0 Å². The second-order valence-electron chi connectivity index (χ2n) is 3.56. The first-order valence-electron chi connectivity index (χ1n) is 4.64. The van der Waals surface area contributed by atoms with Crippen LogP contribution in [0.2, 0.25) is 0 Å². The second kappa shape index (κ2) is 3.25. The van der Waals surface area contributed by atoms with E-state index in [0.717, 1.165) is 30.4 Å². The lowest BCUT2D eigenvalue weighted by Crippen LogP contribution is -2.01. The van der Waals surface area contributed by atoms with Crippen molar-refractivity contribution in [2.45, 2.75) is 19.3 Å². The first-order valence-corrected chi connectivity index (χ1v) is 4.64. The van der Waals surface area contributed by atoms with Gasteiger partial charge in [0.2, 0.25) is 0 Å². The summed E-state index contributed by atoms with van der Waals surface area (Å²) in [4.78, 5) is 10.2. The molecule has 0 N–H and O–H groups in total. The van der Waals surface area contributed by atoms with Crippen LogP contribution in [-0.4, -0.2) is 4.92 Å². The maximum atomic E-state index is 10.6. The number of nitro groups is 1. The Labute approximate surface area is 82.2 Å². The lowest BCUT2D eigenvalue weighted by molar-refractivity contribution is -0.384. The fourth-order valence-corrected chi connectivity index (χ4v) is 1.85. The van der Waals surface area contributed by atoms with Gasteiger partial charge in [-0.2, -0.15) is 0 Å². The van der Waals surface area contributed by atoms with Crippen LogP contribution in [0.1, 0.15) is 24.0 Å². The van der Waals surface area contributed by atoms with Gasteiger partial charge in [-0.15, -0.1) is 0 Å². The van der Waals surface area contributed by atoms with Crippen LogP contribution in [0.3, 0.4) is 0 Å². The zero-order valence-corrected chi connectivity index (χ0v) is 7.82. The van der Waals surface area contributed by atoms with Crippen LogP contribution < -0.4 is 0 Å². The first kappa shape index (κ1) is 8.94. The number of rotatable bonds is 1. The van der Waals surface area contributed by atoms with Crippen molar-refractivity contribution in [1.29, 1.82) is 0 Å². The Morgan fingerprint density at radius 2 is 2.14 bits per heavy atom. The Hall–Kier alpha value is -1.64. The smallest absolute Gasteiger partial charge is 0.258 e. The monoisotopic (exact) mass is 189 g/mol. The van der Waals surface area contributed by atoms with Crippen molar-refractivity contribution in [1.82, 2.24) is 0 Å². The number of non-ortho nitro benzene ring substituents is 1. The van der Waals surface area contributed by atoms with Crippen molar-refractivity contribution < 1.29 is 4.92 Å². The van der Waals surface area contributed by atoms with Crippen LogP contribution in [0.25, 0.3) is 5.57 Å². The Morgan fingerprint density at radius 3 is 2.86 bits per heavy atom. The van der Waals surface area contributed by atoms with Gasteiger partial charge in [0, 0.05) is 12.1 Å². The minimum absolute atomic E-state index is 0.159. The maximum absolute atomic E-state index is 10.6. The zero-order chi connectivity index (χ0) is 10.1. The van der Waals surface area contributed by atoms with Crippen molar-refractivity contribution in [3.8, 4) is 0 Å². The maximum Gasteiger partial charge on any atom is 0.270 e. The average Bonchev–Trinajstić information content (AvgIpc) is 2.18. The van der Waals surface area contributed by atoms with Gasteiger partial charge in [0.1, 0.15) is 0 Å². The van der Waals surface area contributed by atoms with Gasteiger partial charge >= 0.3 is 0 Å². The Morgan fingerprint density at radius 1 is 1.36 bits per heavy atom. The summed E-state index contributed by atoms with van der Waals surface area (Å²) in [6.45, 7) is 3.93. The fraction of sp³-hybridized carbons (Fsp3) is 0.273. The van der Waals surface area contributed by atoms with Gasteiger partial charge < -0.3 is 0 Å². The van der Waals surface area contributed by atoms with Crippen LogP contribution in [0, 0.1) is 10.1 Å². The molecule has 1 aliphatic rings. The third-order valence-corrected chi connectivity index (χ3v) is 2.61. The molecule has 72 valence electrons. The van der Waals surface area contributed by atoms with E-state index in [1.807, 2.05) is 6.07 Å². The number of fused-ring (bicyclic) bond motifs is 1. The lowest BCUT2D eigenvalue weighted by atomic mass is 9.88. The molecule has 0 aromatic heterocycles. The summed E-state index contributed by atoms with van der Waals surface area (Å²) in [6.07, 6.45) is 3.06. The zero-order valence-electron chi connectivity index (χ0n) is 7.82. The number of allylic oxidation sites excluding steroid dienone is 1. The molecule has 0 saturated carbocycles. The fourth-order valence-electron chi connectivity index (χ4n) is 1.85. The standard InChI is InChI=1S/C11H11NO2/c1-8-3-2-4-9-5-6-10(12(13)14)7-11(8)9/h5-7H,1-4H2. The van der Waals surface area contributed by atoms with E-state index < -0.39 is 0 Å². The molecule has 0 bridgehead atoms. The summed E-state index contributed by atoms with van der Waals surface area (Å²) in [5.41, 5.74) is 3.35. The number of nitrogens with zero attached hydrogens (tertiary/aromatic N) is 1. The molecule has 1 aromatic carbocycles. The third kappa shape index (κ3) is 1.41. The largest absolute Gasteiger partial charge is 0.270 e. The van der Waals surface area contributed by atoms with Gasteiger partial charge in [-0.25, -0.2) is 0 Å². The lowest BCUT2D eigenvalue weighted by Gasteiger charge is -2.17. The molecule has 0 aliphatic heterocycles. The number of aryl methyl sites for hydroxylation is 1. The molecule has 0 amide bonds. The Balaban J connectivity index is 2.51. The molecule has 0 fully saturated rings. The summed E-state index contributed by atoms with van der Waals surface area (Å²) in [5.74, 6) is 0. The van der Waals surface area contributed by atoms with Crippen molar-refractivity contribution in [3.05, 3.63) is 46.0 Å². The van der Waals surface area contributed by atoms with Gasteiger partial charge in [0.05, 0.1) is 4.92 Å². The van der Waals surface area contributed by atoms with Gasteiger partial charge in [-0.1, -0.05) is 12.6 Å². The van der Waals surface area contributed by atoms with Crippen molar-refractivity contribution in [3.63, 3.8) is 0 Å². The molecule has 1 aromatic rings. The highest BCUT2D eigenvalue weighted by Crippen LogP contribution is 2.31. The van der Waals surface area contributed by atoms with Gasteiger partial charge in [0.15, 0.2) is 0 Å². The van der Waals surface area contributed by atoms with Crippen LogP contribution in [0.4, 0.5) is 5.69 Å². The van der Waals surface area contributed by atoms with E-state index in [1.165, 1.54) is 5.56 Å². The first-order chi connectivity index (χ1) is 6.68. The highest BCUT2D eigenvalue weighted by atomic mass is 16.6. The molecule has 3 heteroatoms. The minimum atomic E-state index is -0.359. The SMILES string of the molecule is C=C1CCCc2ccc([N+](=O)[O-])cc21. The molecule has 1 aliphatic carbocycles. The summed E-state index contributed by atoms with van der Waals surface area (Å²) in [6, 6.07) is 5.05. The summed E-state index contributed by atoms with van der Waals surface area (Å²) < 4.78 is 0. The van der Waals surface area contributed by atoms with E-state index in [4.69, 9.17) is 0 Å². The summed E-state index contributed by atoms with van der Waals surface area (Å²) in [7, 11) is 0. The van der Waals surface area contributed by atoms with E-state index >= 15 is 0 Å². The van der Waals surface area contributed by atoms with Crippen LogP contribution in [-0.2, 0) is 6.42 Å². The van der Waals surface area contributed by atoms with Crippen LogP contribution >= 0.6 is 0 Å². The molecule has 0 spiro atoms. The summed E-state index contributed by atoms with van der Waals surface area (Å²) in [5, 5.41) is 10.6. The van der Waals surface area contributed by atoms with Gasteiger partial charge in [-0.05, 0) is 36.0 Å². The van der Waals surface area contributed by atoms with Crippen molar-refractivity contribution >= 4 is 11.3 Å². The quantitative estimate of drug-likeness (QED) is 0.503. The second-order valence-corrected chi connectivity index (χ2v) is 3.56. The molecule has 0 unspecified atom stereocenters. The minimum Gasteiger partial charge on any atom is -0.258 e. The molecule has 2 rings (SSSR count). The number of benzene rings is 1. The molecule has 0 heterocycles. The highest BCUT2D eigenvalue weighted by Gasteiger charge is 2.16. The van der Waals surface area contributed by atoms with E-state index in [9.17, 15) is 10.1 Å². The van der Waals surface area contributed by atoms with E-state index in [0.29, 0.717) is 0 Å². The van der Waals surface area contributed by atoms with Crippen LogP contribution in [0.15, 0.2) is 24.8 Å². The summed E-state index contributed by atoms with van der Waals surface area (Å²) >= 11 is 0. The Bertz CT molecular complexity index is 410. The topological polar surface area (TPSA) is 43.1 Å². The molecular formula is C11H11NO2. The predicted octanol–water partition coefficient (Wildman–Crippen LogP) is 2.94. The van der Waals surface area contributed by atoms with Gasteiger partial charge in [0.25, 0.3) is 5.69 Å². The van der Waals surface area contributed by atoms with Crippen LogP contribution in [0.5, 0.6) is 0 Å². The van der Waals surface area contributed by atoms with E-state index in [-0.39, 0.29) is 10.6 Å². The molecule has 3 nitrogen and oxygen atoms in total. The third-order valence-electron chi connectivity index (χ3n) is 2.61. The number of nitro benzene ring substituents is 1. The molecule has 14 heavy (non-hydrogen) atoms. The predicted molar refractivity (Wildman–Crippen MR) is 55.1 cm³/mol. The van der Waals surface area contributed by atoms with E-state index in [2.05, 4.69) is 6.58 Å². The number of hydrogen-bond acceptors (Lipinski definition) is 2. The Kier molecular flexibility index (Phi) is 2.08. The van der Waals surface area contributed by atoms with Crippen molar-refractivity contribution in [2.24, 2.45) is 0 Å². The number of hydrogen-bond donors (Lipinski definition) is 0. The normalized spacial score (nSPS) is 15.0. The average molecular weight is 189 g/mol. The molecule has 0 saturated heterocycles. The van der Waals surface area contributed by atoms with E-state index in [1.54, 1.807) is 12.1 Å².